The van der Waals surface area contributed by atoms with Gasteiger partial charge in [0.1, 0.15) is 5.82 Å². The number of nitrogens with one attached hydrogen (secondary N) is 1. The maximum Gasteiger partial charge on any atom is 0.124 e. The van der Waals surface area contributed by atoms with Crippen molar-refractivity contribution in [3.05, 3.63) is 54.3 Å². The fourth-order valence-corrected chi connectivity index (χ4v) is 3.95. The van der Waals surface area contributed by atoms with Crippen LogP contribution in [0.1, 0.15) is 22.0 Å². The molecule has 0 fully saturated rings. The largest absolute Gasteiger partial charge is 0.271 e. The van der Waals surface area contributed by atoms with Gasteiger partial charge in [-0.05, 0) is 58.6 Å². The normalized spacial score (nSPS) is 12.7. The first kappa shape index (κ1) is 15.1. The van der Waals surface area contributed by atoms with Crippen LogP contribution in [-0.4, -0.2) is 0 Å². The van der Waals surface area contributed by atoms with Crippen LogP contribution in [0.5, 0.6) is 0 Å². The van der Waals surface area contributed by atoms with Gasteiger partial charge in [0, 0.05) is 9.35 Å². The number of hydrazine groups is 1. The van der Waals surface area contributed by atoms with Crippen LogP contribution >= 0.6 is 43.2 Å². The van der Waals surface area contributed by atoms with Crippen molar-refractivity contribution in [3.63, 3.8) is 0 Å². The van der Waals surface area contributed by atoms with E-state index in [9.17, 15) is 4.39 Å². The van der Waals surface area contributed by atoms with E-state index in [0.29, 0.717) is 6.42 Å². The first-order chi connectivity index (χ1) is 9.01. The molecular weight excluding hydrogens is 395 g/mol. The summed E-state index contributed by atoms with van der Waals surface area (Å²) in [5, 5.41) is 0. The second kappa shape index (κ2) is 6.45. The average Bonchev–Trinajstić information content (AvgIpc) is 2.68. The van der Waals surface area contributed by atoms with E-state index in [1.54, 1.807) is 17.4 Å². The lowest BCUT2D eigenvalue weighted by atomic mass is 10.0. The van der Waals surface area contributed by atoms with Crippen LogP contribution in [-0.2, 0) is 6.42 Å². The maximum absolute atomic E-state index is 13.1. The van der Waals surface area contributed by atoms with E-state index < -0.39 is 0 Å². The molecule has 0 radical (unpaired) electrons. The van der Waals surface area contributed by atoms with Crippen LogP contribution < -0.4 is 11.3 Å². The second-order valence-electron chi connectivity index (χ2n) is 4.26. The minimum Gasteiger partial charge on any atom is -0.271 e. The van der Waals surface area contributed by atoms with Gasteiger partial charge >= 0.3 is 0 Å². The van der Waals surface area contributed by atoms with Crippen molar-refractivity contribution in [3.8, 4) is 0 Å². The highest BCUT2D eigenvalue weighted by Crippen LogP contribution is 2.33. The number of nitrogens with two attached hydrogens (primary N) is 1. The van der Waals surface area contributed by atoms with E-state index in [1.807, 2.05) is 6.92 Å². The van der Waals surface area contributed by atoms with Gasteiger partial charge in [-0.2, -0.15) is 0 Å². The van der Waals surface area contributed by atoms with E-state index in [-0.39, 0.29) is 11.9 Å². The highest BCUT2D eigenvalue weighted by Gasteiger charge is 2.16. The Hall–Kier alpha value is -0.270. The van der Waals surface area contributed by atoms with Crippen LogP contribution in [0.15, 0.2) is 32.5 Å². The molecule has 6 heteroatoms. The number of hydrogen-bond acceptors (Lipinski definition) is 3. The molecule has 0 amide bonds. The van der Waals surface area contributed by atoms with Crippen molar-refractivity contribution in [2.75, 3.05) is 0 Å². The predicted octanol–water partition coefficient (Wildman–Crippen LogP) is 4.47. The van der Waals surface area contributed by atoms with Gasteiger partial charge in [0.25, 0.3) is 0 Å². The van der Waals surface area contributed by atoms with Crippen molar-refractivity contribution < 1.29 is 4.39 Å². The zero-order valence-corrected chi connectivity index (χ0v) is 14.2. The molecule has 1 heterocycles. The van der Waals surface area contributed by atoms with Gasteiger partial charge in [0.2, 0.25) is 0 Å². The summed E-state index contributed by atoms with van der Waals surface area (Å²) in [6.45, 7) is 2.05. The third-order valence-corrected chi connectivity index (χ3v) is 5.85. The minimum atomic E-state index is -0.248. The minimum absolute atomic E-state index is 0.0109. The van der Waals surface area contributed by atoms with E-state index in [2.05, 4.69) is 43.4 Å². The molecule has 3 N–H and O–H groups in total. The molecule has 19 heavy (non-hydrogen) atoms. The maximum atomic E-state index is 13.1. The van der Waals surface area contributed by atoms with Gasteiger partial charge in [-0.1, -0.05) is 22.0 Å². The average molecular weight is 408 g/mol. The Morgan fingerprint density at radius 1 is 1.37 bits per heavy atom. The van der Waals surface area contributed by atoms with Gasteiger partial charge in [0.15, 0.2) is 0 Å². The van der Waals surface area contributed by atoms with Crippen LogP contribution in [0.3, 0.4) is 0 Å². The van der Waals surface area contributed by atoms with Crippen molar-refractivity contribution in [2.24, 2.45) is 5.84 Å². The SMILES string of the molecule is Cc1cc(C(Cc2ccc(F)cc2Br)NN)sc1Br. The lowest BCUT2D eigenvalue weighted by Crippen LogP contribution is -2.29. The molecule has 0 saturated heterocycles. The number of benzene rings is 1. The highest BCUT2D eigenvalue weighted by molar-refractivity contribution is 9.11. The van der Waals surface area contributed by atoms with E-state index in [1.165, 1.54) is 17.7 Å². The Morgan fingerprint density at radius 3 is 2.63 bits per heavy atom. The second-order valence-corrected chi connectivity index (χ2v) is 7.52. The van der Waals surface area contributed by atoms with E-state index in [4.69, 9.17) is 5.84 Å². The van der Waals surface area contributed by atoms with Crippen molar-refractivity contribution in [1.29, 1.82) is 0 Å². The standard InChI is InChI=1S/C13H13Br2FN2S/c1-7-4-12(19-13(7)15)11(18-17)5-8-2-3-9(16)6-10(8)14/h2-4,6,11,18H,5,17H2,1H3. The summed E-state index contributed by atoms with van der Waals surface area (Å²) in [4.78, 5) is 1.16. The number of thiophene rings is 1. The molecule has 0 spiro atoms. The van der Waals surface area contributed by atoms with Gasteiger partial charge < -0.3 is 0 Å². The molecule has 102 valence electrons. The molecule has 1 aromatic carbocycles. The number of aryl methyl sites for hydroxylation is 1. The van der Waals surface area contributed by atoms with Crippen LogP contribution in [0, 0.1) is 12.7 Å². The third-order valence-electron chi connectivity index (χ3n) is 2.86. The summed E-state index contributed by atoms with van der Waals surface area (Å²) in [5.41, 5.74) is 5.04. The van der Waals surface area contributed by atoms with Crippen molar-refractivity contribution >= 4 is 43.2 Å². The third kappa shape index (κ3) is 3.64. The highest BCUT2D eigenvalue weighted by atomic mass is 79.9. The topological polar surface area (TPSA) is 38.0 Å². The molecule has 1 aromatic heterocycles. The zero-order valence-electron chi connectivity index (χ0n) is 10.2. The smallest absolute Gasteiger partial charge is 0.124 e. The molecule has 0 aliphatic carbocycles. The van der Waals surface area contributed by atoms with Crippen LogP contribution in [0.4, 0.5) is 4.39 Å². The van der Waals surface area contributed by atoms with E-state index >= 15 is 0 Å². The van der Waals surface area contributed by atoms with Crippen molar-refractivity contribution in [2.45, 2.75) is 19.4 Å². The van der Waals surface area contributed by atoms with E-state index in [0.717, 1.165) is 18.7 Å². The summed E-state index contributed by atoms with van der Waals surface area (Å²) >= 11 is 8.56. The Labute approximate surface area is 132 Å². The molecule has 2 rings (SSSR count). The first-order valence-corrected chi connectivity index (χ1v) is 8.07. The monoisotopic (exact) mass is 406 g/mol. The summed E-state index contributed by atoms with van der Waals surface area (Å²) in [7, 11) is 0. The molecule has 0 aliphatic rings. The molecule has 0 saturated carbocycles. The van der Waals surface area contributed by atoms with Gasteiger partial charge in [-0.3, -0.25) is 11.3 Å². The fourth-order valence-electron chi connectivity index (χ4n) is 1.80. The van der Waals surface area contributed by atoms with Crippen LogP contribution in [0.25, 0.3) is 0 Å². The quantitative estimate of drug-likeness (QED) is 0.579. The first-order valence-electron chi connectivity index (χ1n) is 5.67. The Morgan fingerprint density at radius 2 is 2.11 bits per heavy atom. The number of rotatable bonds is 4. The molecule has 0 aliphatic heterocycles. The predicted molar refractivity (Wildman–Crippen MR) is 84.6 cm³/mol. The van der Waals surface area contributed by atoms with Crippen molar-refractivity contribution in [1.82, 2.24) is 5.43 Å². The molecule has 0 bridgehead atoms. The Kier molecular flexibility index (Phi) is 5.14. The molecule has 2 aromatic rings. The summed E-state index contributed by atoms with van der Waals surface area (Å²) < 4.78 is 14.9. The zero-order chi connectivity index (χ0) is 14.0. The summed E-state index contributed by atoms with van der Waals surface area (Å²) in [6.07, 6.45) is 0.698. The fraction of sp³-hybridized carbons (Fsp3) is 0.231. The van der Waals surface area contributed by atoms with Gasteiger partial charge in [-0.25, -0.2) is 4.39 Å². The Bertz CT molecular complexity index is 567. The summed E-state index contributed by atoms with van der Waals surface area (Å²) in [6, 6.07) is 6.83. The lowest BCUT2D eigenvalue weighted by molar-refractivity contribution is 0.558. The van der Waals surface area contributed by atoms with Crippen LogP contribution in [0.2, 0.25) is 0 Å². The summed E-state index contributed by atoms with van der Waals surface area (Å²) in [5.74, 6) is 5.40. The van der Waals surface area contributed by atoms with Gasteiger partial charge in [-0.15, -0.1) is 11.3 Å². The molecular formula is C13H13Br2FN2S. The Balaban J connectivity index is 2.23. The molecule has 1 atom stereocenters. The lowest BCUT2D eigenvalue weighted by Gasteiger charge is -2.15. The molecule has 1 unspecified atom stereocenters. The number of halogens is 3. The molecule has 2 nitrogen and oxygen atoms in total. The van der Waals surface area contributed by atoms with Gasteiger partial charge in [0.05, 0.1) is 9.83 Å². The number of hydrogen-bond donors (Lipinski definition) is 2.